The molecule has 6 aromatic rings. The van der Waals surface area contributed by atoms with Crippen LogP contribution in [0.5, 0.6) is 11.8 Å². The van der Waals surface area contributed by atoms with E-state index in [9.17, 15) is 10.2 Å². The molecule has 1 saturated heterocycles. The maximum absolute atomic E-state index is 10.6. The summed E-state index contributed by atoms with van der Waals surface area (Å²) in [5.74, 6) is 0.926. The van der Waals surface area contributed by atoms with Crippen molar-refractivity contribution in [2.75, 3.05) is 44.7 Å². The van der Waals surface area contributed by atoms with Crippen LogP contribution in [0.2, 0.25) is 0 Å². The summed E-state index contributed by atoms with van der Waals surface area (Å²) in [6.07, 6.45) is 5.80. The molecular formula is C36H41N8O3+. The van der Waals surface area contributed by atoms with Gasteiger partial charge in [0.2, 0.25) is 5.95 Å². The first-order chi connectivity index (χ1) is 23.0. The van der Waals surface area contributed by atoms with E-state index in [0.29, 0.717) is 25.3 Å². The van der Waals surface area contributed by atoms with Gasteiger partial charge >= 0.3 is 0 Å². The van der Waals surface area contributed by atoms with E-state index in [1.165, 1.54) is 5.56 Å². The van der Waals surface area contributed by atoms with E-state index in [-0.39, 0.29) is 11.8 Å². The highest BCUT2D eigenvalue weighted by atomic mass is 16.5. The Bertz CT molecular complexity index is 1980. The van der Waals surface area contributed by atoms with Crippen molar-refractivity contribution in [3.05, 3.63) is 102 Å². The number of hydrogen-bond donors (Lipinski definition) is 3. The predicted molar refractivity (Wildman–Crippen MR) is 181 cm³/mol. The van der Waals surface area contributed by atoms with Crippen LogP contribution in [0.15, 0.2) is 79.1 Å². The van der Waals surface area contributed by atoms with Crippen LogP contribution in [0.4, 0.5) is 5.95 Å². The van der Waals surface area contributed by atoms with Gasteiger partial charge in [-0.15, -0.1) is 0 Å². The van der Waals surface area contributed by atoms with Gasteiger partial charge in [-0.3, -0.25) is 14.5 Å². The summed E-state index contributed by atoms with van der Waals surface area (Å²) in [6.45, 7) is 8.90. The van der Waals surface area contributed by atoms with Crippen molar-refractivity contribution < 1.29 is 19.5 Å². The molecule has 0 bridgehead atoms. The largest absolute Gasteiger partial charge is 0.506 e. The van der Waals surface area contributed by atoms with Crippen LogP contribution >= 0.6 is 0 Å². The maximum atomic E-state index is 10.6. The number of imidazole rings is 2. The average molecular weight is 634 g/mol. The fraction of sp³-hybridized carbons (Fsp3) is 0.333. The van der Waals surface area contributed by atoms with E-state index in [2.05, 4.69) is 53.6 Å². The second-order valence-electron chi connectivity index (χ2n) is 12.2. The van der Waals surface area contributed by atoms with Crippen molar-refractivity contribution >= 4 is 28.0 Å². The number of aromatic nitrogens is 6. The first-order valence-corrected chi connectivity index (χ1v) is 16.3. The van der Waals surface area contributed by atoms with Gasteiger partial charge in [0, 0.05) is 43.5 Å². The van der Waals surface area contributed by atoms with Crippen LogP contribution in [0.25, 0.3) is 22.1 Å². The molecule has 0 unspecified atom stereocenters. The van der Waals surface area contributed by atoms with E-state index in [4.69, 9.17) is 9.72 Å². The Hall–Kier alpha value is -5.00. The minimum absolute atomic E-state index is 0.0250. The summed E-state index contributed by atoms with van der Waals surface area (Å²) in [7, 11) is 0. The lowest BCUT2D eigenvalue weighted by atomic mass is 10.1. The zero-order chi connectivity index (χ0) is 32.2. The van der Waals surface area contributed by atoms with Crippen LogP contribution in [-0.2, 0) is 30.8 Å². The molecule has 242 valence electrons. The van der Waals surface area contributed by atoms with Crippen molar-refractivity contribution in [2.45, 2.75) is 39.4 Å². The molecule has 2 aromatic carbocycles. The van der Waals surface area contributed by atoms with Crippen molar-refractivity contribution in [3.8, 4) is 11.8 Å². The summed E-state index contributed by atoms with van der Waals surface area (Å²) >= 11 is 0. The molecule has 1 aliphatic heterocycles. The lowest BCUT2D eigenvalue weighted by molar-refractivity contribution is -0.687. The summed E-state index contributed by atoms with van der Waals surface area (Å²) < 4.78 is 11.5. The Labute approximate surface area is 273 Å². The van der Waals surface area contributed by atoms with Crippen molar-refractivity contribution in [2.24, 2.45) is 0 Å². The number of aryl methyl sites for hydroxylation is 3. The molecule has 4 aromatic heterocycles. The van der Waals surface area contributed by atoms with Gasteiger partial charge in [-0.2, -0.15) is 9.55 Å². The van der Waals surface area contributed by atoms with Crippen molar-refractivity contribution in [1.82, 2.24) is 29.0 Å². The summed E-state index contributed by atoms with van der Waals surface area (Å²) in [6, 6.07) is 22.1. The number of morpholine rings is 1. The van der Waals surface area contributed by atoms with Gasteiger partial charge < -0.3 is 24.8 Å². The molecule has 0 radical (unpaired) electrons. The Morgan fingerprint density at radius 2 is 1.70 bits per heavy atom. The van der Waals surface area contributed by atoms with Crippen LogP contribution in [0.1, 0.15) is 28.9 Å². The summed E-state index contributed by atoms with van der Waals surface area (Å²) in [4.78, 5) is 16.5. The number of benzene rings is 2. The second kappa shape index (κ2) is 13.8. The average Bonchev–Trinajstić information content (AvgIpc) is 3.59. The molecule has 3 N–H and O–H groups in total. The molecule has 0 spiro atoms. The number of fused-ring (bicyclic) bond motifs is 2. The Kier molecular flexibility index (Phi) is 8.98. The number of nitrogens with zero attached hydrogens (tertiary/aromatic N) is 7. The normalized spacial score (nSPS) is 13.9. The number of rotatable bonds is 12. The zero-order valence-corrected chi connectivity index (χ0v) is 26.7. The monoisotopic (exact) mass is 633 g/mol. The van der Waals surface area contributed by atoms with Crippen LogP contribution in [0, 0.1) is 6.92 Å². The second-order valence-corrected chi connectivity index (χ2v) is 12.2. The Balaban J connectivity index is 1.12. The van der Waals surface area contributed by atoms with Gasteiger partial charge in [0.25, 0.3) is 6.01 Å². The third kappa shape index (κ3) is 7.06. The molecule has 0 amide bonds. The minimum atomic E-state index is 0.0250. The quantitative estimate of drug-likeness (QED) is 0.135. The van der Waals surface area contributed by atoms with Gasteiger partial charge in [-0.25, -0.2) is 4.98 Å². The fourth-order valence-electron chi connectivity index (χ4n) is 6.28. The molecule has 11 nitrogen and oxygen atoms in total. The topological polar surface area (TPSA) is 117 Å². The van der Waals surface area contributed by atoms with Crippen LogP contribution in [0.3, 0.4) is 0 Å². The maximum Gasteiger partial charge on any atom is 0.295 e. The highest BCUT2D eigenvalue weighted by molar-refractivity contribution is 5.80. The molecule has 47 heavy (non-hydrogen) atoms. The first kappa shape index (κ1) is 30.6. The Morgan fingerprint density at radius 1 is 0.851 bits per heavy atom. The summed E-state index contributed by atoms with van der Waals surface area (Å²) in [5, 5.41) is 24.8. The third-order valence-electron chi connectivity index (χ3n) is 8.81. The number of pyridine rings is 2. The number of anilines is 1. The minimum Gasteiger partial charge on any atom is -0.506 e. The number of aromatic hydroxyl groups is 2. The number of nitrogens with one attached hydrogen (secondary N) is 1. The lowest BCUT2D eigenvalue weighted by Gasteiger charge is -2.26. The van der Waals surface area contributed by atoms with Crippen molar-refractivity contribution in [3.63, 3.8) is 0 Å². The van der Waals surface area contributed by atoms with Gasteiger partial charge in [-0.05, 0) is 56.1 Å². The summed E-state index contributed by atoms with van der Waals surface area (Å²) in [5.41, 5.74) is 7.25. The van der Waals surface area contributed by atoms with Crippen molar-refractivity contribution in [1.29, 1.82) is 0 Å². The molecule has 0 atom stereocenters. The van der Waals surface area contributed by atoms with E-state index in [1.54, 1.807) is 6.07 Å². The van der Waals surface area contributed by atoms with Gasteiger partial charge in [0.1, 0.15) is 11.4 Å². The Morgan fingerprint density at radius 3 is 2.55 bits per heavy atom. The smallest absolute Gasteiger partial charge is 0.295 e. The molecule has 7 rings (SSSR count). The molecule has 0 saturated carbocycles. The SMILES string of the molecule is Cc1ccc(O)c(Cn2c(NCCCN3CCOCC3)nc3ccc(C[n+]4ccc5c(c4)nc(O)n5CCc4ccccc4)cc32)n1. The lowest BCUT2D eigenvalue weighted by Crippen LogP contribution is -2.37. The predicted octanol–water partition coefficient (Wildman–Crippen LogP) is 4.26. The van der Waals surface area contributed by atoms with Gasteiger partial charge in [0.05, 0.1) is 36.3 Å². The third-order valence-corrected chi connectivity index (χ3v) is 8.81. The van der Waals surface area contributed by atoms with Gasteiger partial charge in [0.15, 0.2) is 24.5 Å². The first-order valence-electron chi connectivity index (χ1n) is 16.3. The molecule has 1 fully saturated rings. The number of ether oxygens (including phenoxy) is 1. The van der Waals surface area contributed by atoms with E-state index in [1.807, 2.05) is 60.3 Å². The molecule has 11 heteroatoms. The fourth-order valence-corrected chi connectivity index (χ4v) is 6.28. The van der Waals surface area contributed by atoms with Crippen LogP contribution < -0.4 is 9.88 Å². The van der Waals surface area contributed by atoms with Gasteiger partial charge in [-0.1, -0.05) is 36.4 Å². The van der Waals surface area contributed by atoms with E-state index >= 15 is 0 Å². The molecule has 5 heterocycles. The van der Waals surface area contributed by atoms with Crippen LogP contribution in [-0.4, -0.2) is 78.6 Å². The highest BCUT2D eigenvalue weighted by Gasteiger charge is 2.18. The zero-order valence-electron chi connectivity index (χ0n) is 26.7. The van der Waals surface area contributed by atoms with E-state index in [0.717, 1.165) is 91.5 Å². The van der Waals surface area contributed by atoms with E-state index < -0.39 is 0 Å². The molecular weight excluding hydrogens is 592 g/mol. The molecule has 0 aliphatic carbocycles. The molecule has 1 aliphatic rings. The highest BCUT2D eigenvalue weighted by Crippen LogP contribution is 2.26. The number of hydrogen-bond acceptors (Lipinski definition) is 8. The standard InChI is InChI=1S/C36H40N8O3/c1-26-8-11-34(45)31(38-26)25-44-33-22-28(9-10-29(33)39-35(44)37-14-5-15-41-18-20-47-21-19-41)23-42-16-13-32-30(24-42)40-36(46)43(32)17-12-27-6-3-2-4-7-27/h2-4,6-11,13,16,22,24H,5,12,14-15,17-21,23,25H2,1H3,(H2-,37,39,40,45,46)/p+1.